The summed E-state index contributed by atoms with van der Waals surface area (Å²) in [7, 11) is 2.94. The molecule has 7 nitrogen and oxygen atoms in total. The van der Waals surface area contributed by atoms with Gasteiger partial charge >= 0.3 is 0 Å². The molecule has 3 aromatic carbocycles. The molecule has 1 fully saturated rings. The summed E-state index contributed by atoms with van der Waals surface area (Å²) in [5, 5.41) is 12.1. The first-order valence-electron chi connectivity index (χ1n) is 10.8. The van der Waals surface area contributed by atoms with E-state index in [-0.39, 0.29) is 22.6 Å². The molecule has 1 aliphatic rings. The smallest absolute Gasteiger partial charge is 0.300 e. The SMILES string of the molecule is COc1ccc(/C(O)=C2\C(=O)C(=O)N(c3cccc(F)c3)C2c2c[nH]c3ccccc23)cc1OC. The highest BCUT2D eigenvalue weighted by atomic mass is 19.1. The highest BCUT2D eigenvalue weighted by molar-refractivity contribution is 6.51. The van der Waals surface area contributed by atoms with E-state index in [4.69, 9.17) is 9.47 Å². The van der Waals surface area contributed by atoms with Crippen molar-refractivity contribution in [3.8, 4) is 11.5 Å². The second-order valence-corrected chi connectivity index (χ2v) is 8.01. The topological polar surface area (TPSA) is 91.9 Å². The van der Waals surface area contributed by atoms with Gasteiger partial charge in [-0.25, -0.2) is 4.39 Å². The number of methoxy groups -OCH3 is 2. The van der Waals surface area contributed by atoms with E-state index in [0.29, 0.717) is 17.1 Å². The Morgan fingerprint density at radius 2 is 1.74 bits per heavy atom. The number of rotatable bonds is 5. The molecule has 35 heavy (non-hydrogen) atoms. The number of ether oxygens (including phenoxy) is 2. The first-order chi connectivity index (χ1) is 16.9. The van der Waals surface area contributed by atoms with E-state index in [1.54, 1.807) is 24.4 Å². The number of hydrogen-bond donors (Lipinski definition) is 2. The largest absolute Gasteiger partial charge is 0.507 e. The van der Waals surface area contributed by atoms with Crippen molar-refractivity contribution in [2.75, 3.05) is 19.1 Å². The number of carbonyl (C=O) groups excluding carboxylic acids is 2. The first-order valence-corrected chi connectivity index (χ1v) is 10.8. The minimum Gasteiger partial charge on any atom is -0.507 e. The molecule has 0 radical (unpaired) electrons. The number of amides is 1. The first kappa shape index (κ1) is 22.2. The normalized spacial score (nSPS) is 17.2. The highest BCUT2D eigenvalue weighted by Gasteiger charge is 2.47. The molecule has 2 N–H and O–H groups in total. The number of benzene rings is 3. The van der Waals surface area contributed by atoms with Crippen LogP contribution >= 0.6 is 0 Å². The van der Waals surface area contributed by atoms with E-state index in [2.05, 4.69) is 4.98 Å². The molecule has 2 heterocycles. The van der Waals surface area contributed by atoms with Crippen LogP contribution in [0.4, 0.5) is 10.1 Å². The van der Waals surface area contributed by atoms with Crippen molar-refractivity contribution in [2.24, 2.45) is 0 Å². The van der Waals surface area contributed by atoms with Crippen LogP contribution in [0, 0.1) is 5.82 Å². The van der Waals surface area contributed by atoms with E-state index in [9.17, 15) is 19.1 Å². The summed E-state index contributed by atoms with van der Waals surface area (Å²) < 4.78 is 24.7. The fraction of sp³-hybridized carbons (Fsp3) is 0.111. The minimum atomic E-state index is -0.999. The van der Waals surface area contributed by atoms with Gasteiger partial charge in [0.25, 0.3) is 11.7 Å². The minimum absolute atomic E-state index is 0.115. The number of nitrogens with zero attached hydrogens (tertiary/aromatic N) is 1. The van der Waals surface area contributed by atoms with Crippen LogP contribution < -0.4 is 14.4 Å². The summed E-state index contributed by atoms with van der Waals surface area (Å²) in [6, 6.07) is 16.5. The predicted molar refractivity (Wildman–Crippen MR) is 129 cm³/mol. The quantitative estimate of drug-likeness (QED) is 0.244. The zero-order valence-corrected chi connectivity index (χ0v) is 18.9. The standard InChI is InChI=1S/C27H21FN2O5/c1-34-21-11-10-15(12-22(21)35-2)25(31)23-24(19-14-29-20-9-4-3-8-18(19)20)30(27(33)26(23)32)17-7-5-6-16(28)13-17/h3-14,24,29,31H,1-2H3/b25-23+. The van der Waals surface area contributed by atoms with Crippen molar-refractivity contribution in [3.05, 3.63) is 95.4 Å². The lowest BCUT2D eigenvalue weighted by molar-refractivity contribution is -0.132. The number of H-pyrrole nitrogens is 1. The van der Waals surface area contributed by atoms with E-state index < -0.39 is 23.5 Å². The summed E-state index contributed by atoms with van der Waals surface area (Å²) in [4.78, 5) is 31.0. The number of ketones is 1. The zero-order chi connectivity index (χ0) is 24.7. The summed E-state index contributed by atoms with van der Waals surface area (Å²) in [5.74, 6) is -1.89. The van der Waals surface area contributed by atoms with Crippen LogP contribution in [0.25, 0.3) is 16.7 Å². The third-order valence-corrected chi connectivity index (χ3v) is 6.10. The summed E-state index contributed by atoms with van der Waals surface area (Å²) in [5.41, 5.74) is 1.74. The van der Waals surface area contributed by atoms with Gasteiger partial charge in [0, 0.05) is 33.9 Å². The van der Waals surface area contributed by atoms with Gasteiger partial charge in [-0.15, -0.1) is 0 Å². The number of para-hydroxylation sites is 1. The number of aliphatic hydroxyl groups is 1. The van der Waals surface area contributed by atoms with Crippen molar-refractivity contribution in [3.63, 3.8) is 0 Å². The van der Waals surface area contributed by atoms with Crippen molar-refractivity contribution < 1.29 is 28.6 Å². The van der Waals surface area contributed by atoms with Gasteiger partial charge < -0.3 is 19.6 Å². The average molecular weight is 472 g/mol. The molecule has 0 bridgehead atoms. The molecule has 1 amide bonds. The highest BCUT2D eigenvalue weighted by Crippen LogP contribution is 2.44. The van der Waals surface area contributed by atoms with Crippen LogP contribution in [0.2, 0.25) is 0 Å². The fourth-order valence-corrected chi connectivity index (χ4v) is 4.48. The number of nitrogens with one attached hydrogen (secondary N) is 1. The van der Waals surface area contributed by atoms with E-state index in [1.807, 2.05) is 24.3 Å². The Hall–Kier alpha value is -4.59. The number of halogens is 1. The fourth-order valence-electron chi connectivity index (χ4n) is 4.48. The van der Waals surface area contributed by atoms with Gasteiger partial charge in [-0.3, -0.25) is 14.5 Å². The summed E-state index contributed by atoms with van der Waals surface area (Å²) in [6.07, 6.45) is 1.69. The second kappa shape index (κ2) is 8.64. The third-order valence-electron chi connectivity index (χ3n) is 6.10. The number of anilines is 1. The molecule has 0 saturated carbocycles. The van der Waals surface area contributed by atoms with Crippen molar-refractivity contribution in [1.82, 2.24) is 4.98 Å². The molecule has 1 unspecified atom stereocenters. The maximum Gasteiger partial charge on any atom is 0.300 e. The number of Topliss-reactive ketones (excluding diaryl/α,β-unsaturated/α-hetero) is 1. The number of aromatic nitrogens is 1. The number of carbonyl (C=O) groups is 2. The summed E-state index contributed by atoms with van der Waals surface area (Å²) >= 11 is 0. The van der Waals surface area contributed by atoms with E-state index in [0.717, 1.165) is 10.9 Å². The lowest BCUT2D eigenvalue weighted by Gasteiger charge is -2.25. The number of fused-ring (bicyclic) bond motifs is 1. The Bertz CT molecular complexity index is 1510. The Morgan fingerprint density at radius 1 is 0.971 bits per heavy atom. The van der Waals surface area contributed by atoms with E-state index >= 15 is 0 Å². The van der Waals surface area contributed by atoms with Crippen LogP contribution in [0.3, 0.4) is 0 Å². The Labute approximate surface area is 200 Å². The molecule has 4 aromatic rings. The van der Waals surface area contributed by atoms with Gasteiger partial charge in [0.05, 0.1) is 25.8 Å². The Balaban J connectivity index is 1.77. The molecule has 1 saturated heterocycles. The lowest BCUT2D eigenvalue weighted by atomic mass is 9.94. The number of aromatic amines is 1. The van der Waals surface area contributed by atoms with E-state index in [1.165, 1.54) is 43.4 Å². The lowest BCUT2D eigenvalue weighted by Crippen LogP contribution is -2.29. The molecule has 176 valence electrons. The van der Waals surface area contributed by atoms with Gasteiger partial charge in [-0.1, -0.05) is 24.3 Å². The van der Waals surface area contributed by atoms with Crippen LogP contribution in [0.15, 0.2) is 78.5 Å². The maximum atomic E-state index is 14.1. The Kier molecular flexibility index (Phi) is 5.49. The molecule has 5 rings (SSSR count). The molecule has 1 atom stereocenters. The van der Waals surface area contributed by atoms with Gasteiger partial charge in [-0.2, -0.15) is 0 Å². The Morgan fingerprint density at radius 3 is 2.49 bits per heavy atom. The molecule has 8 heteroatoms. The van der Waals surface area contributed by atoms with Gasteiger partial charge in [0.2, 0.25) is 0 Å². The molecule has 1 aromatic heterocycles. The number of hydrogen-bond acceptors (Lipinski definition) is 5. The van der Waals surface area contributed by atoms with Gasteiger partial charge in [0.1, 0.15) is 11.6 Å². The molecule has 1 aliphatic heterocycles. The monoisotopic (exact) mass is 472 g/mol. The second-order valence-electron chi connectivity index (χ2n) is 8.01. The predicted octanol–water partition coefficient (Wildman–Crippen LogP) is 4.95. The molecular weight excluding hydrogens is 451 g/mol. The van der Waals surface area contributed by atoms with Crippen LogP contribution in [-0.2, 0) is 9.59 Å². The molecule has 0 aliphatic carbocycles. The van der Waals surface area contributed by atoms with Crippen LogP contribution in [0.5, 0.6) is 11.5 Å². The molecular formula is C27H21FN2O5. The summed E-state index contributed by atoms with van der Waals surface area (Å²) in [6.45, 7) is 0. The van der Waals surface area contributed by atoms with Crippen LogP contribution in [0.1, 0.15) is 17.2 Å². The molecule has 0 spiro atoms. The van der Waals surface area contributed by atoms with Gasteiger partial charge in [0.15, 0.2) is 11.5 Å². The van der Waals surface area contributed by atoms with Gasteiger partial charge in [-0.05, 0) is 42.5 Å². The van der Waals surface area contributed by atoms with Crippen molar-refractivity contribution in [1.29, 1.82) is 0 Å². The van der Waals surface area contributed by atoms with Crippen molar-refractivity contribution >= 4 is 34.0 Å². The van der Waals surface area contributed by atoms with Crippen LogP contribution in [-0.4, -0.2) is 36.0 Å². The maximum absolute atomic E-state index is 14.1. The average Bonchev–Trinajstić information content (AvgIpc) is 3.41. The number of aliphatic hydroxyl groups excluding tert-OH is 1. The van der Waals surface area contributed by atoms with Crippen molar-refractivity contribution in [2.45, 2.75) is 6.04 Å². The zero-order valence-electron chi connectivity index (χ0n) is 18.9. The third kappa shape index (κ3) is 3.59.